The van der Waals surface area contributed by atoms with Crippen molar-refractivity contribution in [1.29, 1.82) is 0 Å². The second-order valence-corrected chi connectivity index (χ2v) is 2.32. The van der Waals surface area contributed by atoms with Gasteiger partial charge in [-0.25, -0.2) is 4.79 Å². The van der Waals surface area contributed by atoms with Crippen LogP contribution in [0.3, 0.4) is 0 Å². The van der Waals surface area contributed by atoms with Gasteiger partial charge in [-0.2, -0.15) is 0 Å². The summed E-state index contributed by atoms with van der Waals surface area (Å²) >= 11 is 0. The lowest BCUT2D eigenvalue weighted by Crippen LogP contribution is -2.00. The molecule has 0 amide bonds. The maximum atomic E-state index is 10.6. The van der Waals surface area contributed by atoms with Crippen LogP contribution in [-0.4, -0.2) is 28.4 Å². The molecule has 0 radical (unpaired) electrons. The molecule has 0 atom stereocenters. The first-order valence-electron chi connectivity index (χ1n) is 3.57. The van der Waals surface area contributed by atoms with Gasteiger partial charge in [0, 0.05) is 0 Å². The average molecular weight is 180 g/mol. The van der Waals surface area contributed by atoms with Crippen LogP contribution < -0.4 is 0 Å². The number of aryl methyl sites for hydroxylation is 1. The minimum Gasteiger partial charge on any atom is -0.478 e. The summed E-state index contributed by atoms with van der Waals surface area (Å²) in [4.78, 5) is 10.6. The zero-order chi connectivity index (χ0) is 8.27. The van der Waals surface area contributed by atoms with Gasteiger partial charge in [-0.1, -0.05) is 25.1 Å². The number of hydrogen-bond acceptors (Lipinski definition) is 1. The SMILES string of the molecule is CCc1ccccc1C(=O)O.[AlH3]. The van der Waals surface area contributed by atoms with Crippen molar-refractivity contribution in [2.75, 3.05) is 0 Å². The highest BCUT2D eigenvalue weighted by Gasteiger charge is 2.05. The molecule has 0 aliphatic rings. The molecule has 1 aromatic rings. The van der Waals surface area contributed by atoms with E-state index < -0.39 is 5.97 Å². The summed E-state index contributed by atoms with van der Waals surface area (Å²) in [5.41, 5.74) is 1.30. The Morgan fingerprint density at radius 3 is 2.42 bits per heavy atom. The van der Waals surface area contributed by atoms with E-state index in [1.54, 1.807) is 12.1 Å². The summed E-state index contributed by atoms with van der Waals surface area (Å²) in [6, 6.07) is 7.05. The molecule has 0 fully saturated rings. The van der Waals surface area contributed by atoms with E-state index in [-0.39, 0.29) is 17.4 Å². The van der Waals surface area contributed by atoms with E-state index in [1.165, 1.54) is 0 Å². The normalized spacial score (nSPS) is 8.75. The predicted octanol–water partition coefficient (Wildman–Crippen LogP) is 0.763. The molecule has 0 saturated heterocycles. The van der Waals surface area contributed by atoms with Crippen LogP contribution in [0.25, 0.3) is 0 Å². The molecule has 2 nitrogen and oxygen atoms in total. The highest BCUT2D eigenvalue weighted by Crippen LogP contribution is 2.08. The van der Waals surface area contributed by atoms with Crippen molar-refractivity contribution in [3.63, 3.8) is 0 Å². The summed E-state index contributed by atoms with van der Waals surface area (Å²) in [6.07, 6.45) is 0.766. The molecule has 3 heteroatoms. The Morgan fingerprint density at radius 1 is 1.42 bits per heavy atom. The third kappa shape index (κ3) is 2.37. The van der Waals surface area contributed by atoms with Crippen LogP contribution in [0.15, 0.2) is 24.3 Å². The Hall–Kier alpha value is -0.778. The lowest BCUT2D eigenvalue weighted by Gasteiger charge is -2.00. The Morgan fingerprint density at radius 2 is 2.00 bits per heavy atom. The van der Waals surface area contributed by atoms with Gasteiger partial charge in [-0.05, 0) is 18.1 Å². The van der Waals surface area contributed by atoms with Crippen molar-refractivity contribution in [2.45, 2.75) is 13.3 Å². The maximum absolute atomic E-state index is 10.6. The number of benzene rings is 1. The second-order valence-electron chi connectivity index (χ2n) is 2.32. The first-order valence-corrected chi connectivity index (χ1v) is 3.57. The van der Waals surface area contributed by atoms with Crippen LogP contribution in [0.2, 0.25) is 0 Å². The largest absolute Gasteiger partial charge is 0.478 e. The van der Waals surface area contributed by atoms with Crippen molar-refractivity contribution in [2.24, 2.45) is 0 Å². The second kappa shape index (κ2) is 4.97. The number of carbonyl (C=O) groups is 1. The minimum absolute atomic E-state index is 0. The van der Waals surface area contributed by atoms with Gasteiger partial charge in [0.05, 0.1) is 5.56 Å². The maximum Gasteiger partial charge on any atom is 0.335 e. The summed E-state index contributed by atoms with van der Waals surface area (Å²) in [5, 5.41) is 8.70. The molecule has 0 heterocycles. The van der Waals surface area contributed by atoms with Gasteiger partial charge in [-0.3, -0.25) is 0 Å². The molecule has 0 aromatic heterocycles. The molecule has 12 heavy (non-hydrogen) atoms. The molecule has 0 saturated carbocycles. The standard InChI is InChI=1S/C9H10O2.Al.3H/c1-2-7-5-3-4-6-8(7)9(10)11;;;;/h3-6H,2H2,1H3,(H,10,11);;;;. The van der Waals surface area contributed by atoms with Crippen LogP contribution in [0.4, 0.5) is 0 Å². The quantitative estimate of drug-likeness (QED) is 0.682. The number of carboxylic acids is 1. The van der Waals surface area contributed by atoms with E-state index in [0.717, 1.165) is 12.0 Å². The first-order chi connectivity index (χ1) is 5.25. The van der Waals surface area contributed by atoms with Crippen molar-refractivity contribution in [3.8, 4) is 0 Å². The zero-order valence-electron chi connectivity index (χ0n) is 6.37. The molecule has 0 bridgehead atoms. The topological polar surface area (TPSA) is 37.3 Å². The molecule has 1 aromatic carbocycles. The van der Waals surface area contributed by atoms with E-state index in [4.69, 9.17) is 5.11 Å². The van der Waals surface area contributed by atoms with Gasteiger partial charge in [0.25, 0.3) is 0 Å². The average Bonchev–Trinajstić information content (AvgIpc) is 2.04. The van der Waals surface area contributed by atoms with E-state index in [2.05, 4.69) is 0 Å². The third-order valence-corrected chi connectivity index (χ3v) is 1.63. The van der Waals surface area contributed by atoms with Gasteiger partial charge in [-0.15, -0.1) is 0 Å². The van der Waals surface area contributed by atoms with Gasteiger partial charge in [0.2, 0.25) is 0 Å². The van der Waals surface area contributed by atoms with Gasteiger partial charge in [0.1, 0.15) is 0 Å². The minimum atomic E-state index is -0.845. The fourth-order valence-electron chi connectivity index (χ4n) is 1.04. The number of rotatable bonds is 2. The van der Waals surface area contributed by atoms with Crippen LogP contribution in [-0.2, 0) is 6.42 Å². The predicted molar refractivity (Wildman–Crippen MR) is 52.7 cm³/mol. The Labute approximate surface area is 82.4 Å². The summed E-state index contributed by atoms with van der Waals surface area (Å²) in [7, 11) is 0. The van der Waals surface area contributed by atoms with E-state index in [9.17, 15) is 4.79 Å². The third-order valence-electron chi connectivity index (χ3n) is 1.63. The molecule has 0 aliphatic carbocycles. The fourth-order valence-corrected chi connectivity index (χ4v) is 1.04. The summed E-state index contributed by atoms with van der Waals surface area (Å²) in [5.74, 6) is -0.845. The zero-order valence-corrected chi connectivity index (χ0v) is 6.37. The molecule has 1 N–H and O–H groups in total. The molecule has 0 spiro atoms. The van der Waals surface area contributed by atoms with Gasteiger partial charge < -0.3 is 5.11 Å². The van der Waals surface area contributed by atoms with Crippen LogP contribution in [0.1, 0.15) is 22.8 Å². The number of aromatic carboxylic acids is 1. The molecular weight excluding hydrogens is 167 g/mol. The molecule has 0 aliphatic heterocycles. The van der Waals surface area contributed by atoms with Crippen LogP contribution >= 0.6 is 0 Å². The highest BCUT2D eigenvalue weighted by atomic mass is 27.0. The van der Waals surface area contributed by atoms with E-state index >= 15 is 0 Å². The summed E-state index contributed by atoms with van der Waals surface area (Å²) in [6.45, 7) is 1.95. The monoisotopic (exact) mass is 180 g/mol. The van der Waals surface area contributed by atoms with E-state index in [1.807, 2.05) is 19.1 Å². The number of hydrogen-bond donors (Lipinski definition) is 1. The Kier molecular flexibility index (Phi) is 4.65. The van der Waals surface area contributed by atoms with Crippen molar-refractivity contribution in [1.82, 2.24) is 0 Å². The Bertz CT molecular complexity index is 271. The smallest absolute Gasteiger partial charge is 0.335 e. The van der Waals surface area contributed by atoms with Crippen molar-refractivity contribution >= 4 is 23.3 Å². The fraction of sp³-hybridized carbons (Fsp3) is 0.222. The van der Waals surface area contributed by atoms with Crippen molar-refractivity contribution in [3.05, 3.63) is 35.4 Å². The molecule has 0 unspecified atom stereocenters. The van der Waals surface area contributed by atoms with Crippen molar-refractivity contribution < 1.29 is 9.90 Å². The molecule has 1 rings (SSSR count). The first kappa shape index (κ1) is 11.2. The van der Waals surface area contributed by atoms with Gasteiger partial charge >= 0.3 is 5.97 Å². The van der Waals surface area contributed by atoms with Crippen LogP contribution in [0, 0.1) is 0 Å². The van der Waals surface area contributed by atoms with Crippen LogP contribution in [0.5, 0.6) is 0 Å². The Balaban J connectivity index is 0.00000121. The number of carboxylic acid groups (broad SMARTS) is 1. The lowest BCUT2D eigenvalue weighted by molar-refractivity contribution is 0.0696. The van der Waals surface area contributed by atoms with E-state index in [0.29, 0.717) is 5.56 Å². The lowest BCUT2D eigenvalue weighted by atomic mass is 10.1. The molecular formula is C9H13AlO2. The van der Waals surface area contributed by atoms with Gasteiger partial charge in [0.15, 0.2) is 17.4 Å². The molecule has 64 valence electrons. The summed E-state index contributed by atoms with van der Waals surface area (Å²) < 4.78 is 0. The highest BCUT2D eigenvalue weighted by molar-refractivity contribution is 5.89.